The third-order valence-electron chi connectivity index (χ3n) is 9.00. The SMILES string of the molecule is CCc1c(F)ccc2cc(O)cc(-c3ncc4c(N5C[C@H]6CC[C@@H](C5)N6)nc(OC[C@@H]5CCCN5C)nc4c3F)c12. The van der Waals surface area contributed by atoms with Crippen LogP contribution in [0.5, 0.6) is 11.8 Å². The van der Waals surface area contributed by atoms with E-state index < -0.39 is 5.82 Å². The third kappa shape index (κ3) is 4.63. The van der Waals surface area contributed by atoms with Gasteiger partial charge in [-0.1, -0.05) is 13.0 Å². The van der Waals surface area contributed by atoms with E-state index >= 15 is 4.39 Å². The van der Waals surface area contributed by atoms with Crippen LogP contribution in [-0.4, -0.2) is 76.4 Å². The predicted octanol–water partition coefficient (Wildman–Crippen LogP) is 4.80. The number of hydrogen-bond acceptors (Lipinski definition) is 8. The summed E-state index contributed by atoms with van der Waals surface area (Å²) in [7, 11) is 2.08. The Kier molecular flexibility index (Phi) is 6.62. The van der Waals surface area contributed by atoms with E-state index in [-0.39, 0.29) is 34.8 Å². The molecule has 214 valence electrons. The standard InChI is InChI=1S/C31H34F2N6O2/c1-3-22-25(32)9-6-17-11-21(40)12-23(26(17)22)28-27(33)29-24(13-34-28)30(39-14-18-7-8-19(15-39)35-18)37-31(36-29)41-16-20-5-4-10-38(20)2/h6,9,11-13,18-20,35,40H,3-5,7-8,10,14-16H2,1-2H3/t18-,19+,20-/m0/s1. The summed E-state index contributed by atoms with van der Waals surface area (Å²) in [5.74, 6) is -0.460. The summed E-state index contributed by atoms with van der Waals surface area (Å²) in [5.41, 5.74) is 0.881. The van der Waals surface area contributed by atoms with Gasteiger partial charge in [0.05, 0.1) is 5.39 Å². The van der Waals surface area contributed by atoms with E-state index in [1.807, 2.05) is 6.92 Å². The molecule has 8 nitrogen and oxygen atoms in total. The summed E-state index contributed by atoms with van der Waals surface area (Å²) in [6, 6.07) is 7.07. The van der Waals surface area contributed by atoms with Crippen molar-refractivity contribution in [1.29, 1.82) is 0 Å². The first-order valence-corrected chi connectivity index (χ1v) is 14.5. The molecule has 0 amide bonds. The minimum atomic E-state index is -0.648. The van der Waals surface area contributed by atoms with E-state index in [2.05, 4.69) is 32.1 Å². The number of nitrogens with zero attached hydrogens (tertiary/aromatic N) is 5. The first-order valence-electron chi connectivity index (χ1n) is 14.5. The lowest BCUT2D eigenvalue weighted by molar-refractivity contribution is 0.188. The summed E-state index contributed by atoms with van der Waals surface area (Å²) in [4.78, 5) is 18.4. The number of anilines is 1. The fourth-order valence-corrected chi connectivity index (χ4v) is 6.88. The number of likely N-dealkylation sites (N-methyl/N-ethyl adjacent to an activating group) is 1. The minimum absolute atomic E-state index is 0.00482. The minimum Gasteiger partial charge on any atom is -0.508 e. The smallest absolute Gasteiger partial charge is 0.319 e. The van der Waals surface area contributed by atoms with Crippen LogP contribution in [0.25, 0.3) is 32.9 Å². The van der Waals surface area contributed by atoms with Crippen LogP contribution >= 0.6 is 0 Å². The van der Waals surface area contributed by atoms with Crippen LogP contribution in [0.15, 0.2) is 30.5 Å². The molecule has 2 aromatic carbocycles. The molecule has 10 heteroatoms. The van der Waals surface area contributed by atoms with Crippen LogP contribution in [-0.2, 0) is 6.42 Å². The number of benzene rings is 2. The Morgan fingerprint density at radius 2 is 1.90 bits per heavy atom. The second-order valence-electron chi connectivity index (χ2n) is 11.6. The molecule has 3 aliphatic rings. The van der Waals surface area contributed by atoms with Gasteiger partial charge in [-0.3, -0.25) is 4.98 Å². The van der Waals surface area contributed by atoms with Crippen LogP contribution < -0.4 is 15.0 Å². The van der Waals surface area contributed by atoms with Gasteiger partial charge in [0.1, 0.15) is 35.2 Å². The molecule has 0 radical (unpaired) electrons. The second kappa shape index (κ2) is 10.3. The summed E-state index contributed by atoms with van der Waals surface area (Å²) in [6.07, 6.45) is 6.34. The van der Waals surface area contributed by atoms with Crippen molar-refractivity contribution >= 4 is 27.5 Å². The van der Waals surface area contributed by atoms with E-state index in [9.17, 15) is 9.50 Å². The number of halogens is 2. The Bertz CT molecular complexity index is 1640. The lowest BCUT2D eigenvalue weighted by atomic mass is 9.94. The topological polar surface area (TPSA) is 86.6 Å². The molecule has 0 unspecified atom stereocenters. The number of aromatic hydroxyl groups is 1. The van der Waals surface area contributed by atoms with E-state index in [0.717, 1.165) is 45.3 Å². The number of pyridine rings is 1. The van der Waals surface area contributed by atoms with Crippen molar-refractivity contribution in [3.05, 3.63) is 47.7 Å². The van der Waals surface area contributed by atoms with Gasteiger partial charge in [0, 0.05) is 43.0 Å². The highest BCUT2D eigenvalue weighted by Gasteiger charge is 2.34. The van der Waals surface area contributed by atoms with Gasteiger partial charge in [-0.05, 0) is 80.2 Å². The number of aryl methyl sites for hydroxylation is 1. The summed E-state index contributed by atoms with van der Waals surface area (Å²) in [6.45, 7) is 4.80. The molecule has 0 spiro atoms. The molecule has 2 bridgehead atoms. The normalized spacial score (nSPS) is 22.7. The van der Waals surface area contributed by atoms with Gasteiger partial charge in [0.2, 0.25) is 0 Å². The first-order chi connectivity index (χ1) is 19.9. The van der Waals surface area contributed by atoms with Gasteiger partial charge >= 0.3 is 6.01 Å². The number of nitrogens with one attached hydrogen (secondary N) is 1. The van der Waals surface area contributed by atoms with Crippen molar-refractivity contribution in [1.82, 2.24) is 25.2 Å². The van der Waals surface area contributed by atoms with Crippen LogP contribution in [0.1, 0.15) is 38.2 Å². The monoisotopic (exact) mass is 560 g/mol. The van der Waals surface area contributed by atoms with E-state index in [4.69, 9.17) is 9.72 Å². The summed E-state index contributed by atoms with van der Waals surface area (Å²) >= 11 is 0. The lowest BCUT2D eigenvalue weighted by Gasteiger charge is -2.34. The number of piperazine rings is 1. The third-order valence-corrected chi connectivity index (χ3v) is 9.00. The molecule has 3 saturated heterocycles. The molecular weight excluding hydrogens is 526 g/mol. The molecule has 2 aromatic heterocycles. The molecule has 0 saturated carbocycles. The lowest BCUT2D eigenvalue weighted by Crippen LogP contribution is -2.51. The average molecular weight is 561 g/mol. The highest BCUT2D eigenvalue weighted by atomic mass is 19.1. The molecule has 3 fully saturated rings. The fraction of sp³-hybridized carbons (Fsp3) is 0.452. The number of rotatable bonds is 6. The van der Waals surface area contributed by atoms with Crippen LogP contribution in [0.3, 0.4) is 0 Å². The number of fused-ring (bicyclic) bond motifs is 4. The molecule has 3 atom stereocenters. The van der Waals surface area contributed by atoms with Gasteiger partial charge in [-0.15, -0.1) is 0 Å². The van der Waals surface area contributed by atoms with Gasteiger partial charge in [0.15, 0.2) is 5.82 Å². The quantitative estimate of drug-likeness (QED) is 0.348. The number of phenolic OH excluding ortho intramolecular Hbond substituents is 1. The molecule has 7 rings (SSSR count). The summed E-state index contributed by atoms with van der Waals surface area (Å²) in [5, 5.41) is 15.8. The first kappa shape index (κ1) is 26.3. The van der Waals surface area contributed by atoms with E-state index in [1.54, 1.807) is 18.3 Å². The Hall–Kier alpha value is -3.63. The number of ether oxygens (including phenoxy) is 1. The Morgan fingerprint density at radius 1 is 1.10 bits per heavy atom. The van der Waals surface area contributed by atoms with Crippen LogP contribution in [0.4, 0.5) is 14.6 Å². The molecule has 3 aliphatic heterocycles. The predicted molar refractivity (Wildman–Crippen MR) is 155 cm³/mol. The Labute approximate surface area is 237 Å². The molecule has 4 aromatic rings. The maximum absolute atomic E-state index is 16.6. The van der Waals surface area contributed by atoms with E-state index in [1.165, 1.54) is 12.1 Å². The van der Waals surface area contributed by atoms with Crippen LogP contribution in [0, 0.1) is 11.6 Å². The van der Waals surface area contributed by atoms with Gasteiger partial charge in [-0.25, -0.2) is 8.78 Å². The maximum atomic E-state index is 16.6. The number of phenols is 1. The van der Waals surface area contributed by atoms with Crippen molar-refractivity contribution in [3.63, 3.8) is 0 Å². The van der Waals surface area contributed by atoms with Crippen molar-refractivity contribution in [2.75, 3.05) is 38.2 Å². The van der Waals surface area contributed by atoms with Crippen molar-refractivity contribution < 1.29 is 18.6 Å². The zero-order valence-corrected chi connectivity index (χ0v) is 23.3. The molecule has 2 N–H and O–H groups in total. The van der Waals surface area contributed by atoms with Crippen molar-refractivity contribution in [3.8, 4) is 23.0 Å². The zero-order valence-electron chi connectivity index (χ0n) is 23.3. The zero-order chi connectivity index (χ0) is 28.2. The average Bonchev–Trinajstić information content (AvgIpc) is 3.54. The van der Waals surface area contributed by atoms with Crippen molar-refractivity contribution in [2.45, 2.75) is 57.2 Å². The number of hydrogen-bond donors (Lipinski definition) is 2. The second-order valence-corrected chi connectivity index (χ2v) is 11.6. The summed E-state index contributed by atoms with van der Waals surface area (Å²) < 4.78 is 37.6. The van der Waals surface area contributed by atoms with Crippen LogP contribution in [0.2, 0.25) is 0 Å². The highest BCUT2D eigenvalue weighted by molar-refractivity contribution is 6.01. The largest absolute Gasteiger partial charge is 0.508 e. The van der Waals surface area contributed by atoms with Gasteiger partial charge < -0.3 is 25.0 Å². The highest BCUT2D eigenvalue weighted by Crippen LogP contribution is 2.39. The maximum Gasteiger partial charge on any atom is 0.319 e. The van der Waals surface area contributed by atoms with Gasteiger partial charge in [-0.2, -0.15) is 9.97 Å². The van der Waals surface area contributed by atoms with E-state index in [0.29, 0.717) is 58.2 Å². The molecule has 41 heavy (non-hydrogen) atoms. The van der Waals surface area contributed by atoms with Crippen molar-refractivity contribution in [2.24, 2.45) is 0 Å². The number of likely N-dealkylation sites (tertiary alicyclic amines) is 1. The number of aromatic nitrogens is 3. The fourth-order valence-electron chi connectivity index (χ4n) is 6.88. The Balaban J connectivity index is 1.39. The molecular formula is C31H34F2N6O2. The Morgan fingerprint density at radius 3 is 2.63 bits per heavy atom. The molecule has 5 heterocycles. The van der Waals surface area contributed by atoms with Gasteiger partial charge in [0.25, 0.3) is 0 Å². The molecule has 0 aliphatic carbocycles.